The monoisotopic (exact) mass is 449 g/mol. The van der Waals surface area contributed by atoms with Crippen LogP contribution in [0.4, 0.5) is 0 Å². The third-order valence-corrected chi connectivity index (χ3v) is 6.57. The Hall–Kier alpha value is -1.78. The number of ketones is 1. The van der Waals surface area contributed by atoms with Crippen LogP contribution in [0.2, 0.25) is 10.0 Å². The highest BCUT2D eigenvalue weighted by Gasteiger charge is 2.43. The Balaban J connectivity index is 2.08. The molecule has 0 amide bonds. The molecule has 2 aliphatic rings. The van der Waals surface area contributed by atoms with E-state index in [4.69, 9.17) is 27.9 Å². The minimum atomic E-state index is -0.588. The molecule has 162 valence electrons. The van der Waals surface area contributed by atoms with Crippen molar-refractivity contribution in [3.63, 3.8) is 0 Å². The van der Waals surface area contributed by atoms with E-state index in [0.717, 1.165) is 31.4 Å². The first-order chi connectivity index (χ1) is 14.2. The number of dihydropyridines is 1. The first-order valence-electron chi connectivity index (χ1n) is 10.5. The van der Waals surface area contributed by atoms with Crippen LogP contribution in [0.3, 0.4) is 0 Å². The standard InChI is InChI=1S/C24H29Cl2NO3/c1-5-6-7-11-30-23(29)19-14(2)27-17-12-24(3,4)13-18(28)21(17)20(19)15-9-8-10-16(25)22(15)26/h8-10,20,27H,5-7,11-13H2,1-4H3/t20-/m0/s1. The van der Waals surface area contributed by atoms with Gasteiger partial charge in [-0.25, -0.2) is 4.79 Å². The van der Waals surface area contributed by atoms with E-state index in [9.17, 15) is 9.59 Å². The van der Waals surface area contributed by atoms with Gasteiger partial charge in [-0.05, 0) is 36.8 Å². The Labute approximate surface area is 188 Å². The number of benzene rings is 1. The van der Waals surface area contributed by atoms with Gasteiger partial charge in [0.15, 0.2) is 5.78 Å². The summed E-state index contributed by atoms with van der Waals surface area (Å²) in [5, 5.41) is 4.09. The van der Waals surface area contributed by atoms with E-state index in [1.807, 2.05) is 13.0 Å². The third kappa shape index (κ3) is 4.60. The molecule has 30 heavy (non-hydrogen) atoms. The Bertz CT molecular complexity index is 930. The zero-order valence-corrected chi connectivity index (χ0v) is 19.5. The number of nitrogens with one attached hydrogen (secondary N) is 1. The lowest BCUT2D eigenvalue weighted by atomic mass is 9.68. The van der Waals surface area contributed by atoms with E-state index in [2.05, 4.69) is 26.1 Å². The van der Waals surface area contributed by atoms with Crippen molar-refractivity contribution in [3.8, 4) is 0 Å². The summed E-state index contributed by atoms with van der Waals surface area (Å²) in [4.78, 5) is 26.4. The van der Waals surface area contributed by atoms with Gasteiger partial charge in [-0.1, -0.05) is 68.9 Å². The summed E-state index contributed by atoms with van der Waals surface area (Å²) in [6.07, 6.45) is 3.99. The summed E-state index contributed by atoms with van der Waals surface area (Å²) in [6.45, 7) is 8.46. The van der Waals surface area contributed by atoms with Crippen LogP contribution >= 0.6 is 23.2 Å². The molecule has 0 aromatic heterocycles. The first kappa shape index (κ1) is 22.9. The minimum Gasteiger partial charge on any atom is -0.462 e. The lowest BCUT2D eigenvalue weighted by molar-refractivity contribution is -0.139. The predicted octanol–water partition coefficient (Wildman–Crippen LogP) is 6.33. The largest absolute Gasteiger partial charge is 0.462 e. The van der Waals surface area contributed by atoms with Crippen LogP contribution in [0.15, 0.2) is 40.7 Å². The number of unbranched alkanes of at least 4 members (excludes halogenated alkanes) is 2. The van der Waals surface area contributed by atoms with Gasteiger partial charge in [0.25, 0.3) is 0 Å². The molecule has 0 saturated heterocycles. The smallest absolute Gasteiger partial charge is 0.336 e. The number of carbonyl (C=O) groups excluding carboxylic acids is 2. The van der Waals surface area contributed by atoms with Gasteiger partial charge in [0.1, 0.15) is 0 Å². The molecule has 1 atom stereocenters. The molecule has 1 aromatic rings. The number of Topliss-reactive ketones (excluding diaryl/α,β-unsaturated/α-hetero) is 1. The van der Waals surface area contributed by atoms with Crippen LogP contribution in [0.1, 0.15) is 71.3 Å². The molecule has 3 rings (SSSR count). The maximum Gasteiger partial charge on any atom is 0.336 e. The highest BCUT2D eigenvalue weighted by molar-refractivity contribution is 6.42. The van der Waals surface area contributed by atoms with E-state index in [0.29, 0.717) is 45.5 Å². The Morgan fingerprint density at radius 1 is 1.23 bits per heavy atom. The molecule has 4 nitrogen and oxygen atoms in total. The van der Waals surface area contributed by atoms with Gasteiger partial charge in [0, 0.05) is 29.3 Å². The van der Waals surface area contributed by atoms with Gasteiger partial charge in [0.2, 0.25) is 0 Å². The van der Waals surface area contributed by atoms with E-state index in [1.54, 1.807) is 12.1 Å². The maximum absolute atomic E-state index is 13.2. The second-order valence-corrected chi connectivity index (χ2v) is 9.70. The molecule has 0 fully saturated rings. The predicted molar refractivity (Wildman–Crippen MR) is 121 cm³/mol. The van der Waals surface area contributed by atoms with Gasteiger partial charge < -0.3 is 10.1 Å². The highest BCUT2D eigenvalue weighted by atomic mass is 35.5. The molecule has 0 radical (unpaired) electrons. The van der Waals surface area contributed by atoms with Crippen molar-refractivity contribution in [2.24, 2.45) is 5.41 Å². The van der Waals surface area contributed by atoms with E-state index < -0.39 is 11.9 Å². The lowest BCUT2D eigenvalue weighted by Gasteiger charge is -2.39. The molecular weight excluding hydrogens is 421 g/mol. The van der Waals surface area contributed by atoms with Crippen molar-refractivity contribution in [2.75, 3.05) is 6.61 Å². The number of hydrogen-bond donors (Lipinski definition) is 1. The molecule has 1 heterocycles. The van der Waals surface area contributed by atoms with Crippen molar-refractivity contribution in [3.05, 3.63) is 56.3 Å². The molecule has 0 saturated carbocycles. The van der Waals surface area contributed by atoms with Gasteiger partial charge in [-0.15, -0.1) is 0 Å². The Morgan fingerprint density at radius 3 is 2.67 bits per heavy atom. The molecule has 1 aliphatic heterocycles. The molecule has 1 aliphatic carbocycles. The maximum atomic E-state index is 13.2. The van der Waals surface area contributed by atoms with Crippen LogP contribution in [-0.2, 0) is 14.3 Å². The van der Waals surface area contributed by atoms with Crippen molar-refractivity contribution in [1.82, 2.24) is 5.32 Å². The fourth-order valence-electron chi connectivity index (χ4n) is 4.36. The normalized spacial score (nSPS) is 20.7. The number of rotatable bonds is 6. The Kier molecular flexibility index (Phi) is 6.98. The number of hydrogen-bond acceptors (Lipinski definition) is 4. The zero-order valence-electron chi connectivity index (χ0n) is 18.0. The molecule has 0 spiro atoms. The van der Waals surface area contributed by atoms with Crippen LogP contribution in [0, 0.1) is 5.41 Å². The second-order valence-electron chi connectivity index (χ2n) is 8.92. The summed E-state index contributed by atoms with van der Waals surface area (Å²) in [7, 11) is 0. The summed E-state index contributed by atoms with van der Waals surface area (Å²) < 4.78 is 5.58. The van der Waals surface area contributed by atoms with Gasteiger partial charge >= 0.3 is 5.97 Å². The van der Waals surface area contributed by atoms with Gasteiger partial charge in [-0.2, -0.15) is 0 Å². The third-order valence-electron chi connectivity index (χ3n) is 5.73. The second kappa shape index (κ2) is 9.15. The summed E-state index contributed by atoms with van der Waals surface area (Å²) in [6, 6.07) is 5.33. The van der Waals surface area contributed by atoms with Gasteiger partial charge in [-0.3, -0.25) is 4.79 Å². The molecular formula is C24H29Cl2NO3. The van der Waals surface area contributed by atoms with E-state index in [-0.39, 0.29) is 11.2 Å². The van der Waals surface area contributed by atoms with Crippen LogP contribution in [0.25, 0.3) is 0 Å². The first-order valence-corrected chi connectivity index (χ1v) is 11.3. The molecule has 0 bridgehead atoms. The Morgan fingerprint density at radius 2 is 1.97 bits per heavy atom. The van der Waals surface area contributed by atoms with Crippen molar-refractivity contribution in [2.45, 2.75) is 65.7 Å². The number of halogens is 2. The van der Waals surface area contributed by atoms with Crippen LogP contribution in [-0.4, -0.2) is 18.4 Å². The molecule has 6 heteroatoms. The quantitative estimate of drug-likeness (QED) is 0.407. The number of ether oxygens (including phenoxy) is 1. The average Bonchev–Trinajstić information content (AvgIpc) is 2.65. The molecule has 1 aromatic carbocycles. The summed E-state index contributed by atoms with van der Waals surface area (Å²) in [5.74, 6) is -0.977. The van der Waals surface area contributed by atoms with Crippen LogP contribution < -0.4 is 5.32 Å². The van der Waals surface area contributed by atoms with Crippen molar-refractivity contribution >= 4 is 35.0 Å². The van der Waals surface area contributed by atoms with E-state index in [1.165, 1.54) is 0 Å². The fraction of sp³-hybridized carbons (Fsp3) is 0.500. The number of allylic oxidation sites excluding steroid dienone is 3. The number of carbonyl (C=O) groups is 2. The van der Waals surface area contributed by atoms with E-state index >= 15 is 0 Å². The highest BCUT2D eigenvalue weighted by Crippen LogP contribution is 2.48. The lowest BCUT2D eigenvalue weighted by Crippen LogP contribution is -2.38. The number of esters is 1. The topological polar surface area (TPSA) is 55.4 Å². The fourth-order valence-corrected chi connectivity index (χ4v) is 4.77. The zero-order chi connectivity index (χ0) is 22.1. The van der Waals surface area contributed by atoms with Crippen LogP contribution in [0.5, 0.6) is 0 Å². The van der Waals surface area contributed by atoms with Crippen molar-refractivity contribution in [1.29, 1.82) is 0 Å². The minimum absolute atomic E-state index is 0.0265. The summed E-state index contributed by atoms with van der Waals surface area (Å²) >= 11 is 12.9. The van der Waals surface area contributed by atoms with Gasteiger partial charge in [0.05, 0.1) is 22.2 Å². The average molecular weight is 450 g/mol. The molecule has 0 unspecified atom stereocenters. The van der Waals surface area contributed by atoms with Crippen molar-refractivity contribution < 1.29 is 14.3 Å². The SMILES string of the molecule is CCCCCOC(=O)C1=C(C)NC2=C(C(=O)CC(C)(C)C2)[C@H]1c1cccc(Cl)c1Cl. The molecule has 1 N–H and O–H groups in total. The summed E-state index contributed by atoms with van der Waals surface area (Å²) in [5.41, 5.74) is 3.10.